The summed E-state index contributed by atoms with van der Waals surface area (Å²) in [6, 6.07) is 13.5. The maximum absolute atomic E-state index is 13.4. The van der Waals surface area contributed by atoms with E-state index in [2.05, 4.69) is 0 Å². The van der Waals surface area contributed by atoms with Gasteiger partial charge in [0.25, 0.3) is 5.91 Å². The number of hydrogen-bond acceptors (Lipinski definition) is 4. The summed E-state index contributed by atoms with van der Waals surface area (Å²) < 4.78 is 57.2. The fourth-order valence-electron chi connectivity index (χ4n) is 3.53. The normalized spacial score (nSPS) is 11.4. The van der Waals surface area contributed by atoms with E-state index in [0.717, 1.165) is 34.7 Å². The monoisotopic (exact) mass is 522 g/mol. The fourth-order valence-corrected chi connectivity index (χ4v) is 4.25. The third-order valence-corrected chi connectivity index (χ3v) is 6.28. The van der Waals surface area contributed by atoms with Gasteiger partial charge < -0.3 is 14.5 Å². The smallest absolute Gasteiger partial charge is 0.385 e. The number of nitrogens with zero attached hydrogens (tertiary/aromatic N) is 2. The van der Waals surface area contributed by atoms with Crippen LogP contribution in [0, 0.1) is 5.82 Å². The van der Waals surface area contributed by atoms with Crippen molar-refractivity contribution in [2.75, 3.05) is 26.8 Å². The topological polar surface area (TPSA) is 49.9 Å². The summed E-state index contributed by atoms with van der Waals surface area (Å²) in [6.07, 6.45) is -4.07. The molecule has 0 aliphatic heterocycles. The molecule has 2 amide bonds. The summed E-state index contributed by atoms with van der Waals surface area (Å²) in [5.74, 6) is -1.28. The van der Waals surface area contributed by atoms with Gasteiger partial charge in [0.15, 0.2) is 0 Å². The van der Waals surface area contributed by atoms with E-state index in [1.807, 2.05) is 17.5 Å². The zero-order valence-corrected chi connectivity index (χ0v) is 20.4. The Balaban J connectivity index is 1.80. The van der Waals surface area contributed by atoms with Gasteiger partial charge in [0, 0.05) is 37.2 Å². The number of methoxy groups -OCH3 is 1. The van der Waals surface area contributed by atoms with Crippen LogP contribution in [0.5, 0.6) is 0 Å². The molecule has 3 rings (SSSR count). The van der Waals surface area contributed by atoms with E-state index in [1.54, 1.807) is 17.0 Å². The highest BCUT2D eigenvalue weighted by Gasteiger charge is 2.31. The first-order valence-electron chi connectivity index (χ1n) is 11.2. The van der Waals surface area contributed by atoms with E-state index in [9.17, 15) is 27.2 Å². The minimum atomic E-state index is -4.52. The first-order chi connectivity index (χ1) is 17.2. The molecule has 192 valence electrons. The number of carbonyl (C=O) groups excluding carboxylic acids is 2. The van der Waals surface area contributed by atoms with Crippen molar-refractivity contribution in [2.45, 2.75) is 25.7 Å². The van der Waals surface area contributed by atoms with Crippen LogP contribution in [0.25, 0.3) is 0 Å². The van der Waals surface area contributed by atoms with E-state index in [1.165, 1.54) is 35.5 Å². The van der Waals surface area contributed by atoms with Crippen LogP contribution in [0.4, 0.5) is 17.6 Å². The van der Waals surface area contributed by atoms with Crippen LogP contribution in [0.15, 0.2) is 66.0 Å². The highest BCUT2D eigenvalue weighted by atomic mass is 32.1. The van der Waals surface area contributed by atoms with Crippen molar-refractivity contribution in [3.63, 3.8) is 0 Å². The highest BCUT2D eigenvalue weighted by molar-refractivity contribution is 7.09. The van der Waals surface area contributed by atoms with E-state index < -0.39 is 17.6 Å². The molecule has 0 unspecified atom stereocenters. The average molecular weight is 523 g/mol. The predicted octanol–water partition coefficient (Wildman–Crippen LogP) is 5.61. The van der Waals surface area contributed by atoms with Crippen molar-refractivity contribution in [1.82, 2.24) is 9.80 Å². The Morgan fingerprint density at radius 2 is 1.64 bits per heavy atom. The quantitative estimate of drug-likeness (QED) is 0.243. The molecule has 0 radical (unpaired) electrons. The van der Waals surface area contributed by atoms with Crippen molar-refractivity contribution >= 4 is 23.2 Å². The molecule has 2 aromatic carbocycles. The Hall–Kier alpha value is -3.24. The summed E-state index contributed by atoms with van der Waals surface area (Å²) in [6.45, 7) is 0.768. The molecule has 0 N–H and O–H groups in total. The molecule has 0 aliphatic rings. The number of carbonyl (C=O) groups is 2. The van der Waals surface area contributed by atoms with Gasteiger partial charge in [0.1, 0.15) is 12.4 Å². The van der Waals surface area contributed by atoms with Crippen LogP contribution in [0.1, 0.15) is 32.8 Å². The Morgan fingerprint density at radius 3 is 2.22 bits per heavy atom. The van der Waals surface area contributed by atoms with Gasteiger partial charge in [-0.1, -0.05) is 18.2 Å². The van der Waals surface area contributed by atoms with Gasteiger partial charge in [-0.15, -0.1) is 11.3 Å². The molecule has 0 saturated carbocycles. The fraction of sp³-hybridized carbons (Fsp3) is 0.308. The summed E-state index contributed by atoms with van der Waals surface area (Å²) >= 11 is 1.48. The van der Waals surface area contributed by atoms with Crippen LogP contribution in [-0.2, 0) is 28.8 Å². The Bertz CT molecular complexity index is 1120. The lowest BCUT2D eigenvalue weighted by Crippen LogP contribution is -2.43. The molecule has 0 bridgehead atoms. The second-order valence-corrected chi connectivity index (χ2v) is 9.14. The van der Waals surface area contributed by atoms with Crippen molar-refractivity contribution in [3.05, 3.63) is 93.4 Å². The van der Waals surface area contributed by atoms with Gasteiger partial charge in [0.05, 0.1) is 12.1 Å². The molecule has 0 atom stereocenters. The first-order valence-corrected chi connectivity index (χ1v) is 12.1. The zero-order chi connectivity index (χ0) is 26.1. The third kappa shape index (κ3) is 7.89. The molecule has 0 saturated heterocycles. The molecular formula is C26H26F4N2O3S. The SMILES string of the molecule is COCCCN(CC(=O)N(Cc1ccc(F)cc1)Cc1cccs1)C(=O)c1ccc(C(F)(F)F)cc1. The number of thiophene rings is 1. The molecule has 10 heteroatoms. The number of hydrogen-bond donors (Lipinski definition) is 0. The van der Waals surface area contributed by atoms with Crippen molar-refractivity contribution < 1.29 is 31.9 Å². The van der Waals surface area contributed by atoms with E-state index in [0.29, 0.717) is 19.6 Å². The summed E-state index contributed by atoms with van der Waals surface area (Å²) in [7, 11) is 1.51. The van der Waals surface area contributed by atoms with Gasteiger partial charge in [0.2, 0.25) is 5.91 Å². The van der Waals surface area contributed by atoms with Crippen molar-refractivity contribution in [1.29, 1.82) is 0 Å². The minimum Gasteiger partial charge on any atom is -0.385 e. The van der Waals surface area contributed by atoms with Gasteiger partial charge in [-0.3, -0.25) is 9.59 Å². The lowest BCUT2D eigenvalue weighted by molar-refractivity contribution is -0.137. The minimum absolute atomic E-state index is 0.0524. The number of halogens is 4. The lowest BCUT2D eigenvalue weighted by Gasteiger charge is -2.28. The number of ether oxygens (including phenoxy) is 1. The van der Waals surface area contributed by atoms with E-state index in [-0.39, 0.29) is 36.9 Å². The second kappa shape index (κ2) is 12.6. The number of amides is 2. The van der Waals surface area contributed by atoms with Crippen LogP contribution < -0.4 is 0 Å². The molecule has 0 spiro atoms. The van der Waals surface area contributed by atoms with Gasteiger partial charge in [-0.25, -0.2) is 4.39 Å². The van der Waals surface area contributed by atoms with Crippen LogP contribution in [0.3, 0.4) is 0 Å². The van der Waals surface area contributed by atoms with Crippen LogP contribution >= 0.6 is 11.3 Å². The summed E-state index contributed by atoms with van der Waals surface area (Å²) in [5, 5.41) is 1.89. The van der Waals surface area contributed by atoms with Crippen LogP contribution in [-0.4, -0.2) is 48.4 Å². The van der Waals surface area contributed by atoms with E-state index >= 15 is 0 Å². The van der Waals surface area contributed by atoms with Crippen molar-refractivity contribution in [3.8, 4) is 0 Å². The van der Waals surface area contributed by atoms with E-state index in [4.69, 9.17) is 4.74 Å². The van der Waals surface area contributed by atoms with Crippen LogP contribution in [0.2, 0.25) is 0 Å². The van der Waals surface area contributed by atoms with Crippen molar-refractivity contribution in [2.24, 2.45) is 0 Å². The molecule has 0 fully saturated rings. The highest BCUT2D eigenvalue weighted by Crippen LogP contribution is 2.29. The second-order valence-electron chi connectivity index (χ2n) is 8.10. The maximum Gasteiger partial charge on any atom is 0.416 e. The molecule has 5 nitrogen and oxygen atoms in total. The first kappa shape index (κ1) is 27.3. The average Bonchev–Trinajstić information content (AvgIpc) is 3.37. The Kier molecular flexibility index (Phi) is 9.60. The molecular weight excluding hydrogens is 496 g/mol. The standard InChI is InChI=1S/C26H26F4N2O3S/c1-35-14-3-13-31(25(34)20-7-9-21(10-8-20)26(28,29)30)18-24(33)32(17-23-4-2-15-36-23)16-19-5-11-22(27)12-6-19/h2,4-12,15H,3,13-14,16-18H2,1H3. The summed E-state index contributed by atoms with van der Waals surface area (Å²) in [4.78, 5) is 30.4. The molecule has 3 aromatic rings. The largest absolute Gasteiger partial charge is 0.416 e. The molecule has 36 heavy (non-hydrogen) atoms. The van der Waals surface area contributed by atoms with Gasteiger partial charge >= 0.3 is 6.18 Å². The number of alkyl halides is 3. The number of benzene rings is 2. The maximum atomic E-state index is 13.4. The Morgan fingerprint density at radius 1 is 0.944 bits per heavy atom. The molecule has 1 heterocycles. The summed E-state index contributed by atoms with van der Waals surface area (Å²) in [5.41, 5.74) is -0.0830. The van der Waals surface area contributed by atoms with Gasteiger partial charge in [-0.2, -0.15) is 13.2 Å². The third-order valence-electron chi connectivity index (χ3n) is 5.42. The lowest BCUT2D eigenvalue weighted by atomic mass is 10.1. The molecule has 0 aliphatic carbocycles. The zero-order valence-electron chi connectivity index (χ0n) is 19.6. The predicted molar refractivity (Wildman–Crippen MR) is 129 cm³/mol. The van der Waals surface area contributed by atoms with Gasteiger partial charge in [-0.05, 0) is 59.8 Å². The number of rotatable bonds is 11. The Labute approximate surface area is 210 Å². The molecule has 1 aromatic heterocycles.